The lowest BCUT2D eigenvalue weighted by Gasteiger charge is -2.39. The third-order valence-corrected chi connectivity index (χ3v) is 5.92. The molecule has 1 fully saturated rings. The first-order valence-electron chi connectivity index (χ1n) is 9.02. The van der Waals surface area contributed by atoms with E-state index in [1.165, 1.54) is 6.07 Å². The molecule has 1 spiro atoms. The molecule has 2 aromatic carbocycles. The first kappa shape index (κ1) is 17.5. The molecule has 0 aromatic heterocycles. The molecule has 0 amide bonds. The van der Waals surface area contributed by atoms with Gasteiger partial charge in [-0.1, -0.05) is 35.9 Å². The van der Waals surface area contributed by atoms with E-state index in [0.29, 0.717) is 0 Å². The van der Waals surface area contributed by atoms with E-state index in [1.54, 1.807) is 17.1 Å². The quantitative estimate of drug-likeness (QED) is 0.820. The zero-order chi connectivity index (χ0) is 18.1. The third kappa shape index (κ3) is 3.37. The first-order valence-corrected chi connectivity index (χ1v) is 9.40. The van der Waals surface area contributed by atoms with Crippen LogP contribution in [0, 0.1) is 5.82 Å². The van der Waals surface area contributed by atoms with Crippen molar-refractivity contribution in [2.75, 3.05) is 31.2 Å². The number of nitrogens with zero attached hydrogens (tertiary/aromatic N) is 2. The van der Waals surface area contributed by atoms with E-state index >= 15 is 0 Å². The topological polar surface area (TPSA) is 32.5 Å². The van der Waals surface area contributed by atoms with Crippen molar-refractivity contribution in [2.24, 2.45) is 5.84 Å². The fourth-order valence-corrected chi connectivity index (χ4v) is 4.31. The lowest BCUT2D eigenvalue weighted by Crippen LogP contribution is -2.46. The fraction of sp³-hybridized carbons (Fsp3) is 0.333. The Morgan fingerprint density at radius 1 is 1.12 bits per heavy atom. The molecule has 5 heteroatoms. The van der Waals surface area contributed by atoms with Gasteiger partial charge in [0.15, 0.2) is 0 Å². The van der Waals surface area contributed by atoms with Crippen LogP contribution in [-0.4, -0.2) is 31.1 Å². The van der Waals surface area contributed by atoms with Crippen molar-refractivity contribution in [3.8, 4) is 0 Å². The second-order valence-electron chi connectivity index (χ2n) is 7.32. The largest absolute Gasteiger partial charge is 0.310 e. The Labute approximate surface area is 158 Å². The summed E-state index contributed by atoms with van der Waals surface area (Å²) in [5.41, 5.74) is 3.20. The minimum absolute atomic E-state index is 0.0113. The van der Waals surface area contributed by atoms with Crippen LogP contribution >= 0.6 is 11.6 Å². The molecule has 2 heterocycles. The second-order valence-corrected chi connectivity index (χ2v) is 7.76. The van der Waals surface area contributed by atoms with Crippen LogP contribution in [0.1, 0.15) is 24.0 Å². The summed E-state index contributed by atoms with van der Waals surface area (Å²) in [5.74, 6) is 5.99. The normalized spacial score (nSPS) is 19.4. The van der Waals surface area contributed by atoms with Gasteiger partial charge in [-0.3, -0.25) is 4.90 Å². The van der Waals surface area contributed by atoms with Gasteiger partial charge in [0, 0.05) is 23.5 Å². The van der Waals surface area contributed by atoms with Crippen LogP contribution in [-0.2, 0) is 5.41 Å². The number of hydrogen-bond acceptors (Lipinski definition) is 3. The maximum atomic E-state index is 13.8. The Morgan fingerprint density at radius 2 is 1.85 bits per heavy atom. The number of halogens is 2. The molecule has 2 N–H and O–H groups in total. The summed E-state index contributed by atoms with van der Waals surface area (Å²) in [6.45, 7) is 3.69. The summed E-state index contributed by atoms with van der Waals surface area (Å²) in [6.07, 6.45) is 6.33. The number of hydrazine groups is 1. The maximum absolute atomic E-state index is 13.8. The van der Waals surface area contributed by atoms with Gasteiger partial charge in [-0.05, 0) is 67.4 Å². The predicted octanol–water partition coefficient (Wildman–Crippen LogP) is 4.22. The summed E-state index contributed by atoms with van der Waals surface area (Å²) in [5, 5.41) is 2.54. The highest BCUT2D eigenvalue weighted by Crippen LogP contribution is 2.46. The van der Waals surface area contributed by atoms with Crippen molar-refractivity contribution in [3.63, 3.8) is 0 Å². The van der Waals surface area contributed by atoms with Crippen molar-refractivity contribution >= 4 is 23.4 Å². The number of benzene rings is 2. The first-order chi connectivity index (χ1) is 12.6. The van der Waals surface area contributed by atoms with Gasteiger partial charge in [-0.25, -0.2) is 10.2 Å². The zero-order valence-corrected chi connectivity index (χ0v) is 15.4. The number of piperidine rings is 1. The highest BCUT2D eigenvalue weighted by Gasteiger charge is 2.44. The molecule has 2 aliphatic rings. The van der Waals surface area contributed by atoms with Crippen molar-refractivity contribution in [3.05, 3.63) is 70.5 Å². The Morgan fingerprint density at radius 3 is 2.58 bits per heavy atom. The van der Waals surface area contributed by atoms with E-state index in [9.17, 15) is 4.39 Å². The number of nitrogens with two attached hydrogens (primary N) is 1. The van der Waals surface area contributed by atoms with Gasteiger partial charge < -0.3 is 5.01 Å². The van der Waals surface area contributed by atoms with Crippen LogP contribution in [0.25, 0.3) is 6.08 Å². The van der Waals surface area contributed by atoms with Gasteiger partial charge >= 0.3 is 0 Å². The molecule has 1 saturated heterocycles. The summed E-state index contributed by atoms with van der Waals surface area (Å²) < 4.78 is 13.8. The predicted molar refractivity (Wildman–Crippen MR) is 106 cm³/mol. The van der Waals surface area contributed by atoms with Crippen LogP contribution < -0.4 is 10.9 Å². The Hall–Kier alpha value is -1.88. The molecule has 3 nitrogen and oxygen atoms in total. The van der Waals surface area contributed by atoms with Crippen molar-refractivity contribution in [2.45, 2.75) is 18.3 Å². The molecule has 0 aliphatic carbocycles. The van der Waals surface area contributed by atoms with Gasteiger partial charge in [0.2, 0.25) is 0 Å². The number of anilines is 1. The molecular weight excluding hydrogens is 349 g/mol. The fourth-order valence-electron chi connectivity index (χ4n) is 4.18. The molecule has 2 aliphatic heterocycles. The molecular formula is C21H23ClFN3. The highest BCUT2D eigenvalue weighted by atomic mass is 35.5. The minimum atomic E-state index is -0.174. The monoisotopic (exact) mass is 371 g/mol. The van der Waals surface area contributed by atoms with E-state index in [2.05, 4.69) is 17.1 Å². The smallest absolute Gasteiger partial charge is 0.123 e. The molecule has 0 bridgehead atoms. The Bertz CT molecular complexity index is 811. The summed E-state index contributed by atoms with van der Waals surface area (Å²) in [6, 6.07) is 12.8. The van der Waals surface area contributed by atoms with Gasteiger partial charge in [0.05, 0.1) is 5.69 Å². The van der Waals surface area contributed by atoms with E-state index < -0.39 is 0 Å². The van der Waals surface area contributed by atoms with E-state index in [1.807, 2.05) is 24.3 Å². The van der Waals surface area contributed by atoms with E-state index in [-0.39, 0.29) is 11.2 Å². The highest BCUT2D eigenvalue weighted by molar-refractivity contribution is 6.30. The molecule has 0 saturated carbocycles. The SMILES string of the molecule is NN1CC2(CCN(CC=Cc3ccc(Cl)cc3)CC2)c2cc(F)ccc21. The van der Waals surface area contributed by atoms with Gasteiger partial charge in [-0.15, -0.1) is 0 Å². The molecule has 26 heavy (non-hydrogen) atoms. The Balaban J connectivity index is 1.39. The summed E-state index contributed by atoms with van der Waals surface area (Å²) in [7, 11) is 0. The van der Waals surface area contributed by atoms with Gasteiger partial charge in [0.25, 0.3) is 0 Å². The number of fused-ring (bicyclic) bond motifs is 2. The third-order valence-electron chi connectivity index (χ3n) is 5.67. The summed E-state index contributed by atoms with van der Waals surface area (Å²) >= 11 is 5.91. The molecule has 0 unspecified atom stereocenters. The number of rotatable bonds is 3. The van der Waals surface area contributed by atoms with Crippen molar-refractivity contribution in [1.82, 2.24) is 4.90 Å². The molecule has 0 radical (unpaired) electrons. The maximum Gasteiger partial charge on any atom is 0.123 e. The van der Waals surface area contributed by atoms with Crippen LogP contribution in [0.4, 0.5) is 10.1 Å². The average Bonchev–Trinajstić information content (AvgIpc) is 2.90. The van der Waals surface area contributed by atoms with Crippen molar-refractivity contribution in [1.29, 1.82) is 0 Å². The Kier molecular flexibility index (Phi) is 4.74. The minimum Gasteiger partial charge on any atom is -0.310 e. The van der Waals surface area contributed by atoms with Crippen molar-refractivity contribution < 1.29 is 4.39 Å². The molecule has 0 atom stereocenters. The number of hydrogen-bond donors (Lipinski definition) is 1. The van der Waals surface area contributed by atoms with Gasteiger partial charge in [0.1, 0.15) is 5.82 Å². The second kappa shape index (κ2) is 7.03. The van der Waals surface area contributed by atoms with E-state index in [4.69, 9.17) is 17.4 Å². The van der Waals surface area contributed by atoms with E-state index in [0.717, 1.165) is 60.9 Å². The van der Waals surface area contributed by atoms with Crippen LogP contribution in [0.15, 0.2) is 48.5 Å². The van der Waals surface area contributed by atoms with Crippen LogP contribution in [0.3, 0.4) is 0 Å². The van der Waals surface area contributed by atoms with Gasteiger partial charge in [-0.2, -0.15) is 0 Å². The molecule has 2 aromatic rings. The molecule has 136 valence electrons. The lowest BCUT2D eigenvalue weighted by molar-refractivity contribution is 0.180. The summed E-state index contributed by atoms with van der Waals surface area (Å²) in [4.78, 5) is 2.44. The standard InChI is InChI=1S/C21H23ClFN3/c22-17-5-3-16(4-6-17)2-1-11-25-12-9-21(10-13-25)15-26(24)20-8-7-18(23)14-19(20)21/h1-8,14H,9-13,15,24H2. The average molecular weight is 372 g/mol. The lowest BCUT2D eigenvalue weighted by atomic mass is 9.74. The number of likely N-dealkylation sites (tertiary alicyclic amines) is 1. The van der Waals surface area contributed by atoms with Crippen LogP contribution in [0.2, 0.25) is 5.02 Å². The zero-order valence-electron chi connectivity index (χ0n) is 14.7. The molecule has 4 rings (SSSR count). The van der Waals surface area contributed by atoms with Crippen LogP contribution in [0.5, 0.6) is 0 Å².